The molecule has 2 saturated carbocycles. The lowest BCUT2D eigenvalue weighted by Gasteiger charge is -2.23. The van der Waals surface area contributed by atoms with Gasteiger partial charge in [0.25, 0.3) is 0 Å². The first-order chi connectivity index (χ1) is 17.4. The molecule has 4 atom stereocenters. The number of allylic oxidation sites excluding steroid dienone is 6. The number of rotatable bonds is 6. The number of esters is 1. The lowest BCUT2D eigenvalue weighted by Crippen LogP contribution is -2.25. The molecule has 0 radical (unpaired) electrons. The van der Waals surface area contributed by atoms with Crippen LogP contribution < -0.4 is 4.74 Å². The average Bonchev–Trinajstić information content (AvgIpc) is 3.61. The fraction of sp³-hybridized carbons (Fsp3) is 0.429. The zero-order valence-electron chi connectivity index (χ0n) is 20.9. The van der Waals surface area contributed by atoms with E-state index in [-0.39, 0.29) is 17.1 Å². The molecule has 0 amide bonds. The third-order valence-corrected chi connectivity index (χ3v) is 7.60. The highest BCUT2D eigenvalue weighted by Crippen LogP contribution is 2.80. The minimum absolute atomic E-state index is 0.0571. The second kappa shape index (κ2) is 8.79. The van der Waals surface area contributed by atoms with Gasteiger partial charge in [0.15, 0.2) is 0 Å². The van der Waals surface area contributed by atoms with Crippen LogP contribution >= 0.6 is 0 Å². The number of ether oxygens (including phenoxy) is 2. The zero-order valence-corrected chi connectivity index (χ0v) is 20.9. The molecule has 0 aromatic heterocycles. The van der Waals surface area contributed by atoms with Gasteiger partial charge in [0.05, 0.1) is 22.6 Å². The highest BCUT2D eigenvalue weighted by atomic mass is 19.4. The molecule has 0 saturated heterocycles. The number of nitrogens with zero attached hydrogens (tertiary/aromatic N) is 1. The Balaban J connectivity index is 1.49. The van der Waals surface area contributed by atoms with E-state index in [1.807, 2.05) is 19.9 Å². The normalized spacial score (nSPS) is 30.6. The van der Waals surface area contributed by atoms with Crippen molar-refractivity contribution in [2.75, 3.05) is 0 Å². The van der Waals surface area contributed by atoms with E-state index in [0.29, 0.717) is 35.8 Å². The Morgan fingerprint density at radius 1 is 1.08 bits per heavy atom. The van der Waals surface area contributed by atoms with E-state index >= 15 is 0 Å². The Hall–Kier alpha value is -3.48. The maximum atomic E-state index is 13.2. The van der Waals surface area contributed by atoms with E-state index in [4.69, 9.17) is 9.47 Å². The number of halogens is 6. The highest BCUT2D eigenvalue weighted by Gasteiger charge is 2.88. The predicted molar refractivity (Wildman–Crippen MR) is 126 cm³/mol. The van der Waals surface area contributed by atoms with Gasteiger partial charge < -0.3 is 9.47 Å². The Morgan fingerprint density at radius 2 is 1.68 bits per heavy atom. The van der Waals surface area contributed by atoms with Gasteiger partial charge in [-0.1, -0.05) is 18.7 Å². The van der Waals surface area contributed by atoms with Crippen molar-refractivity contribution in [2.24, 2.45) is 11.3 Å². The Bertz CT molecular complexity index is 1310. The smallest absolute Gasteiger partial charge is 0.416 e. The summed E-state index contributed by atoms with van der Waals surface area (Å²) in [6.07, 6.45) is -7.35. The Morgan fingerprint density at radius 3 is 2.21 bits per heavy atom. The molecule has 3 aliphatic rings. The average molecular weight is 538 g/mol. The molecule has 2 fully saturated rings. The van der Waals surface area contributed by atoms with Gasteiger partial charge in [-0.2, -0.15) is 31.6 Å². The molecule has 4 nitrogen and oxygen atoms in total. The van der Waals surface area contributed by atoms with E-state index in [0.717, 1.165) is 6.08 Å². The lowest BCUT2D eigenvalue weighted by molar-refractivity contribution is -0.146. The van der Waals surface area contributed by atoms with Crippen LogP contribution in [0.3, 0.4) is 0 Å². The number of hydrogen-bond acceptors (Lipinski definition) is 4. The van der Waals surface area contributed by atoms with Crippen LogP contribution in [0.2, 0.25) is 0 Å². The summed E-state index contributed by atoms with van der Waals surface area (Å²) in [6.45, 7) is 8.91. The van der Waals surface area contributed by atoms with Crippen LogP contribution in [0, 0.1) is 22.7 Å². The van der Waals surface area contributed by atoms with E-state index < -0.39 is 53.0 Å². The minimum atomic E-state index is -4.95. The van der Waals surface area contributed by atoms with Crippen molar-refractivity contribution in [3.05, 3.63) is 71.4 Å². The van der Waals surface area contributed by atoms with Crippen LogP contribution in [0.4, 0.5) is 26.3 Å². The van der Waals surface area contributed by atoms with Crippen molar-refractivity contribution in [3.63, 3.8) is 0 Å². The fourth-order valence-corrected chi connectivity index (χ4v) is 5.31. The largest absolute Gasteiger partial charge is 0.487 e. The van der Waals surface area contributed by atoms with Crippen molar-refractivity contribution in [2.45, 2.75) is 63.6 Å². The molecular weight excluding hydrogens is 512 g/mol. The van der Waals surface area contributed by atoms with Crippen LogP contribution in [-0.2, 0) is 9.53 Å². The van der Waals surface area contributed by atoms with E-state index in [1.165, 1.54) is 12.1 Å². The quantitative estimate of drug-likeness (QED) is 0.164. The van der Waals surface area contributed by atoms with Gasteiger partial charge in [0, 0.05) is 29.9 Å². The summed E-state index contributed by atoms with van der Waals surface area (Å²) >= 11 is 0. The first-order valence-electron chi connectivity index (χ1n) is 11.8. The van der Waals surface area contributed by atoms with Gasteiger partial charge in [-0.3, -0.25) is 0 Å². The maximum absolute atomic E-state index is 13.2. The van der Waals surface area contributed by atoms with Gasteiger partial charge in [0.1, 0.15) is 17.0 Å². The first kappa shape index (κ1) is 27.6. The number of carbonyl (C=O) groups excluding carboxylic acids is 1. The van der Waals surface area contributed by atoms with Crippen LogP contribution in [0.5, 0.6) is 5.75 Å². The molecule has 1 aromatic carbocycles. The van der Waals surface area contributed by atoms with Gasteiger partial charge >= 0.3 is 18.3 Å². The summed E-state index contributed by atoms with van der Waals surface area (Å²) in [5.41, 5.74) is -3.71. The SMILES string of the molecule is C=C(C)C(=O)OC1(C)CC12CC2(C)Oc1ccc(/C(C#N)=C/C2C=C(C(F)(F)F)C=C(C(F)(F)F)C2)cc1. The molecule has 0 aliphatic heterocycles. The predicted octanol–water partition coefficient (Wildman–Crippen LogP) is 7.40. The zero-order chi connectivity index (χ0) is 28.3. The van der Waals surface area contributed by atoms with Crippen LogP contribution in [0.15, 0.2) is 65.8 Å². The van der Waals surface area contributed by atoms with Gasteiger partial charge in [-0.25, -0.2) is 4.79 Å². The maximum Gasteiger partial charge on any atom is 0.416 e. The summed E-state index contributed by atoms with van der Waals surface area (Å²) < 4.78 is 91.0. The van der Waals surface area contributed by atoms with Gasteiger partial charge in [0.2, 0.25) is 0 Å². The van der Waals surface area contributed by atoms with Crippen LogP contribution in [0.1, 0.15) is 45.6 Å². The number of hydrogen-bond donors (Lipinski definition) is 0. The summed E-state index contributed by atoms with van der Waals surface area (Å²) in [5.74, 6) is -1.27. The molecule has 1 spiro atoms. The summed E-state index contributed by atoms with van der Waals surface area (Å²) in [4.78, 5) is 12.0. The van der Waals surface area contributed by atoms with E-state index in [2.05, 4.69) is 6.58 Å². The van der Waals surface area contributed by atoms with Crippen molar-refractivity contribution < 1.29 is 40.6 Å². The summed E-state index contributed by atoms with van der Waals surface area (Å²) in [5, 5.41) is 9.60. The summed E-state index contributed by atoms with van der Waals surface area (Å²) in [6, 6.07) is 8.07. The molecule has 10 heteroatoms. The van der Waals surface area contributed by atoms with Crippen LogP contribution in [-0.4, -0.2) is 29.5 Å². The summed E-state index contributed by atoms with van der Waals surface area (Å²) in [7, 11) is 0. The third-order valence-electron chi connectivity index (χ3n) is 7.60. The first-order valence-corrected chi connectivity index (χ1v) is 11.8. The van der Waals surface area contributed by atoms with Crippen molar-refractivity contribution in [1.82, 2.24) is 0 Å². The Kier molecular flexibility index (Phi) is 6.37. The molecule has 4 rings (SSSR count). The Labute approximate surface area is 215 Å². The second-order valence-electron chi connectivity index (χ2n) is 10.5. The molecule has 38 heavy (non-hydrogen) atoms. The number of nitriles is 1. The highest BCUT2D eigenvalue weighted by molar-refractivity contribution is 5.87. The van der Waals surface area contributed by atoms with Gasteiger partial charge in [-0.05, 0) is 63.1 Å². The van der Waals surface area contributed by atoms with Crippen molar-refractivity contribution in [3.8, 4) is 11.8 Å². The topological polar surface area (TPSA) is 59.3 Å². The van der Waals surface area contributed by atoms with E-state index in [9.17, 15) is 36.4 Å². The number of carbonyl (C=O) groups is 1. The molecule has 202 valence electrons. The molecule has 0 bridgehead atoms. The molecular formula is C28H25F6NO3. The van der Waals surface area contributed by atoms with Crippen LogP contribution in [0.25, 0.3) is 5.57 Å². The molecule has 4 unspecified atom stereocenters. The fourth-order valence-electron chi connectivity index (χ4n) is 5.31. The molecule has 0 heterocycles. The second-order valence-corrected chi connectivity index (χ2v) is 10.5. The molecule has 3 aliphatic carbocycles. The lowest BCUT2D eigenvalue weighted by atomic mass is 9.87. The standard InChI is InChI=1S/C28H25F6NO3/c1-16(2)23(36)38-25(4)15-26(25)14-24(26,3)37-22-7-5-18(6-8-22)19(13-35)9-17-10-20(27(29,30)31)12-21(11-17)28(32,33)34/h5-10,12,17H,1,11,14-15H2,2-4H3/b19-9+. The number of alkyl halides is 6. The van der Waals surface area contributed by atoms with Crippen molar-refractivity contribution in [1.29, 1.82) is 5.26 Å². The van der Waals surface area contributed by atoms with Crippen molar-refractivity contribution >= 4 is 11.5 Å². The minimum Gasteiger partial charge on any atom is -0.487 e. The monoisotopic (exact) mass is 537 g/mol. The van der Waals surface area contributed by atoms with E-state index in [1.54, 1.807) is 19.1 Å². The molecule has 1 aromatic rings. The van der Waals surface area contributed by atoms with Gasteiger partial charge in [-0.15, -0.1) is 0 Å². The number of benzene rings is 1. The third kappa shape index (κ3) is 4.98. The molecule has 0 N–H and O–H groups in total.